The molecule has 2 N–H and O–H groups in total. The zero-order valence-corrected chi connectivity index (χ0v) is 11.7. The number of hydrogen-bond donors (Lipinski definition) is 1. The van der Waals surface area contributed by atoms with E-state index in [2.05, 4.69) is 30.0 Å². The van der Waals surface area contributed by atoms with E-state index in [0.29, 0.717) is 12.6 Å². The zero-order valence-electron chi connectivity index (χ0n) is 11.7. The quantitative estimate of drug-likeness (QED) is 0.875. The van der Waals surface area contributed by atoms with Crippen molar-refractivity contribution in [1.29, 1.82) is 5.26 Å². The summed E-state index contributed by atoms with van der Waals surface area (Å²) in [7, 11) is 4.21. The molecule has 1 aliphatic heterocycles. The lowest BCUT2D eigenvalue weighted by Crippen LogP contribution is -2.46. The predicted molar refractivity (Wildman–Crippen MR) is 76.5 cm³/mol. The second-order valence-electron chi connectivity index (χ2n) is 5.59. The molecule has 1 heterocycles. The normalized spacial score (nSPS) is 23.2. The Bertz CT molecular complexity index is 451. The molecular weight excluding hydrogens is 236 g/mol. The molecule has 4 heteroatoms. The van der Waals surface area contributed by atoms with Crippen molar-refractivity contribution in [3.63, 3.8) is 0 Å². The minimum absolute atomic E-state index is 0.568. The van der Waals surface area contributed by atoms with E-state index in [1.807, 2.05) is 30.3 Å². The lowest BCUT2D eigenvalue weighted by molar-refractivity contribution is 0.245. The number of rotatable bonds is 4. The van der Waals surface area contributed by atoms with Crippen LogP contribution >= 0.6 is 0 Å². The Morgan fingerprint density at radius 1 is 1.42 bits per heavy atom. The Hall–Kier alpha value is -1.41. The largest absolute Gasteiger partial charge is 0.309 e. The molecule has 2 rings (SSSR count). The Balaban J connectivity index is 2.07. The highest BCUT2D eigenvalue weighted by molar-refractivity contribution is 5.31. The molecule has 1 aromatic rings. The van der Waals surface area contributed by atoms with E-state index in [9.17, 15) is 5.26 Å². The topological polar surface area (TPSA) is 56.3 Å². The average molecular weight is 258 g/mol. The molecule has 1 saturated heterocycles. The SMILES string of the molecule is CN(C)C1CCN(CC(N)(C#N)c2ccccc2)C1. The van der Waals surface area contributed by atoms with Gasteiger partial charge in [-0.2, -0.15) is 5.26 Å². The monoisotopic (exact) mass is 258 g/mol. The maximum Gasteiger partial charge on any atom is 0.142 e. The van der Waals surface area contributed by atoms with Crippen molar-refractivity contribution in [2.45, 2.75) is 18.0 Å². The van der Waals surface area contributed by atoms with Crippen LogP contribution < -0.4 is 5.73 Å². The number of nitrogens with two attached hydrogens (primary N) is 1. The molecule has 19 heavy (non-hydrogen) atoms. The number of likely N-dealkylation sites (N-methyl/N-ethyl adjacent to an activating group) is 1. The fourth-order valence-corrected chi connectivity index (χ4v) is 2.66. The molecule has 1 fully saturated rings. The molecule has 2 atom stereocenters. The Labute approximate surface area is 115 Å². The Morgan fingerprint density at radius 3 is 2.63 bits per heavy atom. The minimum Gasteiger partial charge on any atom is -0.309 e. The van der Waals surface area contributed by atoms with Gasteiger partial charge in [-0.15, -0.1) is 0 Å². The van der Waals surface area contributed by atoms with Crippen LogP contribution in [0.2, 0.25) is 0 Å². The summed E-state index contributed by atoms with van der Waals surface area (Å²) in [6, 6.07) is 12.5. The van der Waals surface area contributed by atoms with Crippen LogP contribution in [0.4, 0.5) is 0 Å². The van der Waals surface area contributed by atoms with Gasteiger partial charge in [-0.25, -0.2) is 0 Å². The van der Waals surface area contributed by atoms with Gasteiger partial charge in [-0.3, -0.25) is 4.90 Å². The number of nitriles is 1. The molecule has 0 aromatic heterocycles. The molecule has 0 aliphatic carbocycles. The summed E-state index contributed by atoms with van der Waals surface area (Å²) in [5.41, 5.74) is 6.28. The molecular formula is C15H22N4. The molecule has 4 nitrogen and oxygen atoms in total. The summed E-state index contributed by atoms with van der Waals surface area (Å²) < 4.78 is 0. The summed E-state index contributed by atoms with van der Waals surface area (Å²) in [6.07, 6.45) is 1.14. The van der Waals surface area contributed by atoms with Gasteiger partial charge in [0.1, 0.15) is 5.54 Å². The second-order valence-corrected chi connectivity index (χ2v) is 5.59. The van der Waals surface area contributed by atoms with E-state index in [1.54, 1.807) is 0 Å². The average Bonchev–Trinajstić information content (AvgIpc) is 2.88. The molecule has 0 spiro atoms. The summed E-state index contributed by atoms with van der Waals surface area (Å²) in [6.45, 7) is 2.59. The van der Waals surface area contributed by atoms with E-state index in [0.717, 1.165) is 25.1 Å². The molecule has 0 saturated carbocycles. The van der Waals surface area contributed by atoms with E-state index in [-0.39, 0.29) is 0 Å². The van der Waals surface area contributed by atoms with Gasteiger partial charge < -0.3 is 10.6 Å². The van der Waals surface area contributed by atoms with Crippen LogP contribution in [-0.2, 0) is 5.54 Å². The summed E-state index contributed by atoms with van der Waals surface area (Å²) >= 11 is 0. The molecule has 0 bridgehead atoms. The first-order valence-corrected chi connectivity index (χ1v) is 6.69. The highest BCUT2D eigenvalue weighted by atomic mass is 15.2. The lowest BCUT2D eigenvalue weighted by Gasteiger charge is -2.28. The van der Waals surface area contributed by atoms with Crippen molar-refractivity contribution in [3.8, 4) is 6.07 Å². The van der Waals surface area contributed by atoms with Crippen molar-refractivity contribution in [3.05, 3.63) is 35.9 Å². The lowest BCUT2D eigenvalue weighted by atomic mass is 9.92. The highest BCUT2D eigenvalue weighted by Crippen LogP contribution is 2.22. The summed E-state index contributed by atoms with van der Waals surface area (Å²) in [5, 5.41) is 9.46. The van der Waals surface area contributed by atoms with E-state index in [1.165, 1.54) is 0 Å². The maximum absolute atomic E-state index is 9.46. The van der Waals surface area contributed by atoms with Crippen molar-refractivity contribution < 1.29 is 0 Å². The molecule has 1 aliphatic rings. The summed E-state index contributed by atoms with van der Waals surface area (Å²) in [4.78, 5) is 4.54. The fraction of sp³-hybridized carbons (Fsp3) is 0.533. The minimum atomic E-state index is -0.914. The van der Waals surface area contributed by atoms with Crippen LogP contribution in [0, 0.1) is 11.3 Å². The van der Waals surface area contributed by atoms with Gasteiger partial charge >= 0.3 is 0 Å². The van der Waals surface area contributed by atoms with Gasteiger partial charge in [0.15, 0.2) is 0 Å². The van der Waals surface area contributed by atoms with Crippen molar-refractivity contribution >= 4 is 0 Å². The van der Waals surface area contributed by atoms with Crippen LogP contribution in [0.5, 0.6) is 0 Å². The number of likely N-dealkylation sites (tertiary alicyclic amines) is 1. The molecule has 0 radical (unpaired) electrons. The number of hydrogen-bond acceptors (Lipinski definition) is 4. The van der Waals surface area contributed by atoms with Gasteiger partial charge in [-0.05, 0) is 32.6 Å². The van der Waals surface area contributed by atoms with Crippen LogP contribution in [0.3, 0.4) is 0 Å². The summed E-state index contributed by atoms with van der Waals surface area (Å²) in [5.74, 6) is 0. The molecule has 2 unspecified atom stereocenters. The first kappa shape index (κ1) is 14.0. The van der Waals surface area contributed by atoms with Gasteiger partial charge in [0, 0.05) is 19.1 Å². The van der Waals surface area contributed by atoms with Gasteiger partial charge in [0.25, 0.3) is 0 Å². The second kappa shape index (κ2) is 5.70. The maximum atomic E-state index is 9.46. The smallest absolute Gasteiger partial charge is 0.142 e. The molecule has 1 aromatic carbocycles. The van der Waals surface area contributed by atoms with E-state index < -0.39 is 5.54 Å². The van der Waals surface area contributed by atoms with Crippen LogP contribution in [0.1, 0.15) is 12.0 Å². The van der Waals surface area contributed by atoms with Crippen molar-refractivity contribution in [1.82, 2.24) is 9.80 Å². The van der Waals surface area contributed by atoms with E-state index >= 15 is 0 Å². The number of benzene rings is 1. The Kier molecular flexibility index (Phi) is 4.20. The number of nitrogens with zero attached hydrogens (tertiary/aromatic N) is 3. The van der Waals surface area contributed by atoms with Gasteiger partial charge in [-0.1, -0.05) is 30.3 Å². The third kappa shape index (κ3) is 3.13. The van der Waals surface area contributed by atoms with E-state index in [4.69, 9.17) is 5.73 Å². The van der Waals surface area contributed by atoms with Crippen molar-refractivity contribution in [2.75, 3.05) is 33.7 Å². The van der Waals surface area contributed by atoms with Crippen LogP contribution in [0.25, 0.3) is 0 Å². The van der Waals surface area contributed by atoms with Gasteiger partial charge in [0.2, 0.25) is 0 Å². The third-order valence-electron chi connectivity index (χ3n) is 3.94. The predicted octanol–water partition coefficient (Wildman–Crippen LogP) is 1.00. The van der Waals surface area contributed by atoms with Gasteiger partial charge in [0.05, 0.1) is 6.07 Å². The standard InChI is InChI=1S/C15H22N4/c1-18(2)14-8-9-19(10-14)12-15(17,11-16)13-6-4-3-5-7-13/h3-7,14H,8-10,12,17H2,1-2H3. The zero-order chi connectivity index (χ0) is 13.9. The van der Waals surface area contributed by atoms with Crippen LogP contribution in [0.15, 0.2) is 30.3 Å². The van der Waals surface area contributed by atoms with Crippen molar-refractivity contribution in [2.24, 2.45) is 5.73 Å². The highest BCUT2D eigenvalue weighted by Gasteiger charge is 2.33. The first-order valence-electron chi connectivity index (χ1n) is 6.69. The Morgan fingerprint density at radius 2 is 2.11 bits per heavy atom. The first-order chi connectivity index (χ1) is 9.05. The molecule has 0 amide bonds. The fourth-order valence-electron chi connectivity index (χ4n) is 2.66. The molecule has 102 valence electrons. The van der Waals surface area contributed by atoms with Crippen LogP contribution in [-0.4, -0.2) is 49.6 Å². The third-order valence-corrected chi connectivity index (χ3v) is 3.94.